The number of carboxylic acids is 1. The van der Waals surface area contributed by atoms with E-state index in [0.29, 0.717) is 0 Å². The standard InChI is InChI=1S/C24H29N5O3/c1-15-2-8-20-23(26-15)28-22(27-20)17-5-9-21(25-14-17)29-12-10-19(11-13-29)32-18-6-3-16(4-7-18)24(30)31/h2,5,8-9,14,16,18-19H,3-4,6-7,10-13H2,1H3,(H,30,31)(H,26,27,28). The van der Waals surface area contributed by atoms with Crippen LogP contribution in [-0.2, 0) is 9.53 Å². The lowest BCUT2D eigenvalue weighted by Gasteiger charge is -2.36. The van der Waals surface area contributed by atoms with Crippen molar-refractivity contribution in [1.82, 2.24) is 19.9 Å². The SMILES string of the molecule is Cc1ccc2[nH]c(-c3ccc(N4CCC(OC5CCC(C(=O)O)CC5)CC4)nc3)nc2n1. The van der Waals surface area contributed by atoms with Gasteiger partial charge in [-0.15, -0.1) is 0 Å². The highest BCUT2D eigenvalue weighted by molar-refractivity contribution is 5.76. The van der Waals surface area contributed by atoms with E-state index in [0.717, 1.165) is 85.7 Å². The third kappa shape index (κ3) is 4.46. The van der Waals surface area contributed by atoms with Crippen molar-refractivity contribution in [3.05, 3.63) is 36.2 Å². The molecule has 1 aliphatic carbocycles. The zero-order valence-corrected chi connectivity index (χ0v) is 18.3. The maximum absolute atomic E-state index is 11.1. The molecule has 5 rings (SSSR count). The van der Waals surface area contributed by atoms with Gasteiger partial charge in [-0.25, -0.2) is 15.0 Å². The van der Waals surface area contributed by atoms with Gasteiger partial charge in [0.1, 0.15) is 11.6 Å². The number of aliphatic carboxylic acids is 1. The number of hydrogen-bond acceptors (Lipinski definition) is 6. The van der Waals surface area contributed by atoms with E-state index in [2.05, 4.69) is 37.0 Å². The van der Waals surface area contributed by atoms with Crippen LogP contribution >= 0.6 is 0 Å². The molecule has 8 heteroatoms. The first-order valence-electron chi connectivity index (χ1n) is 11.5. The third-order valence-electron chi connectivity index (χ3n) is 6.68. The number of rotatable bonds is 5. The number of nitrogens with one attached hydrogen (secondary N) is 1. The molecule has 2 fully saturated rings. The van der Waals surface area contributed by atoms with Crippen molar-refractivity contribution in [1.29, 1.82) is 0 Å². The summed E-state index contributed by atoms with van der Waals surface area (Å²) in [4.78, 5) is 30.5. The van der Waals surface area contributed by atoms with E-state index in [1.165, 1.54) is 0 Å². The van der Waals surface area contributed by atoms with Crippen molar-refractivity contribution in [2.45, 2.75) is 57.7 Å². The van der Waals surface area contributed by atoms with E-state index in [-0.39, 0.29) is 18.1 Å². The average molecular weight is 436 g/mol. The minimum absolute atomic E-state index is 0.189. The Hall–Kier alpha value is -3.00. The number of aromatic nitrogens is 4. The fourth-order valence-corrected chi connectivity index (χ4v) is 4.78. The largest absolute Gasteiger partial charge is 0.481 e. The van der Waals surface area contributed by atoms with Crippen LogP contribution in [0.5, 0.6) is 0 Å². The Kier molecular flexibility index (Phi) is 5.78. The minimum Gasteiger partial charge on any atom is -0.481 e. The van der Waals surface area contributed by atoms with Crippen molar-refractivity contribution in [3.8, 4) is 11.4 Å². The molecular formula is C24H29N5O3. The Labute approximate surface area is 187 Å². The highest BCUT2D eigenvalue weighted by Gasteiger charge is 2.29. The summed E-state index contributed by atoms with van der Waals surface area (Å²) in [5.74, 6) is 0.897. The van der Waals surface area contributed by atoms with Crippen LogP contribution in [0.3, 0.4) is 0 Å². The average Bonchev–Trinajstić information content (AvgIpc) is 3.23. The first-order chi connectivity index (χ1) is 15.5. The molecule has 32 heavy (non-hydrogen) atoms. The fourth-order valence-electron chi connectivity index (χ4n) is 4.78. The van der Waals surface area contributed by atoms with Crippen molar-refractivity contribution >= 4 is 23.0 Å². The number of H-pyrrole nitrogens is 1. The van der Waals surface area contributed by atoms with Crippen LogP contribution in [0.25, 0.3) is 22.6 Å². The van der Waals surface area contributed by atoms with E-state index in [1.54, 1.807) is 0 Å². The predicted molar refractivity (Wildman–Crippen MR) is 122 cm³/mol. The van der Waals surface area contributed by atoms with Gasteiger partial charge in [0.2, 0.25) is 0 Å². The second-order valence-electron chi connectivity index (χ2n) is 8.95. The molecule has 0 amide bonds. The van der Waals surface area contributed by atoms with Gasteiger partial charge in [0, 0.05) is 30.5 Å². The second-order valence-corrected chi connectivity index (χ2v) is 8.95. The second kappa shape index (κ2) is 8.86. The smallest absolute Gasteiger partial charge is 0.306 e. The third-order valence-corrected chi connectivity index (χ3v) is 6.68. The molecular weight excluding hydrogens is 406 g/mol. The van der Waals surface area contributed by atoms with Crippen LogP contribution in [0.4, 0.5) is 5.82 Å². The molecule has 168 valence electrons. The Bertz CT molecular complexity index is 1080. The van der Waals surface area contributed by atoms with E-state index in [9.17, 15) is 4.79 Å². The summed E-state index contributed by atoms with van der Waals surface area (Å²) in [7, 11) is 0. The first kappa shape index (κ1) is 20.9. The molecule has 1 aliphatic heterocycles. The predicted octanol–water partition coefficient (Wildman–Crippen LogP) is 3.96. The van der Waals surface area contributed by atoms with Crippen molar-refractivity contribution in [2.24, 2.45) is 5.92 Å². The number of carboxylic acid groups (broad SMARTS) is 1. The Balaban J connectivity index is 1.15. The molecule has 0 spiro atoms. The molecule has 2 N–H and O–H groups in total. The maximum atomic E-state index is 11.1. The van der Waals surface area contributed by atoms with Crippen LogP contribution in [0.2, 0.25) is 0 Å². The molecule has 0 unspecified atom stereocenters. The summed E-state index contributed by atoms with van der Waals surface area (Å²) < 4.78 is 6.30. The van der Waals surface area contributed by atoms with Crippen LogP contribution in [0.15, 0.2) is 30.5 Å². The van der Waals surface area contributed by atoms with Gasteiger partial charge in [-0.1, -0.05) is 0 Å². The highest BCUT2D eigenvalue weighted by Crippen LogP contribution is 2.30. The molecule has 0 bridgehead atoms. The number of pyridine rings is 2. The number of piperidine rings is 1. The van der Waals surface area contributed by atoms with Gasteiger partial charge in [-0.05, 0) is 69.7 Å². The molecule has 1 saturated heterocycles. The highest BCUT2D eigenvalue weighted by atomic mass is 16.5. The lowest BCUT2D eigenvalue weighted by molar-refractivity contribution is -0.144. The number of nitrogens with zero attached hydrogens (tertiary/aromatic N) is 4. The van der Waals surface area contributed by atoms with Gasteiger partial charge in [-0.3, -0.25) is 4.79 Å². The van der Waals surface area contributed by atoms with Gasteiger partial charge < -0.3 is 19.7 Å². The van der Waals surface area contributed by atoms with Gasteiger partial charge in [0.25, 0.3) is 0 Å². The summed E-state index contributed by atoms with van der Waals surface area (Å²) >= 11 is 0. The number of aryl methyl sites for hydroxylation is 1. The first-order valence-corrected chi connectivity index (χ1v) is 11.5. The van der Waals surface area contributed by atoms with Crippen molar-refractivity contribution in [2.75, 3.05) is 18.0 Å². The Morgan fingerprint density at radius 2 is 1.78 bits per heavy atom. The summed E-state index contributed by atoms with van der Waals surface area (Å²) in [5.41, 5.74) is 3.54. The summed E-state index contributed by atoms with van der Waals surface area (Å²) in [6.45, 7) is 3.78. The zero-order chi connectivity index (χ0) is 22.1. The molecule has 1 saturated carbocycles. The van der Waals surface area contributed by atoms with E-state index in [1.807, 2.05) is 25.3 Å². The number of hydrogen-bond donors (Lipinski definition) is 2. The number of fused-ring (bicyclic) bond motifs is 1. The lowest BCUT2D eigenvalue weighted by atomic mass is 9.87. The molecule has 0 aromatic carbocycles. The Morgan fingerprint density at radius 3 is 2.47 bits per heavy atom. The van der Waals surface area contributed by atoms with E-state index >= 15 is 0 Å². The monoisotopic (exact) mass is 435 g/mol. The fraction of sp³-hybridized carbons (Fsp3) is 0.500. The van der Waals surface area contributed by atoms with E-state index in [4.69, 9.17) is 9.84 Å². The topological polar surface area (TPSA) is 104 Å². The van der Waals surface area contributed by atoms with Crippen LogP contribution in [0.1, 0.15) is 44.2 Å². The number of ether oxygens (including phenoxy) is 1. The van der Waals surface area contributed by atoms with Crippen LogP contribution < -0.4 is 4.90 Å². The van der Waals surface area contributed by atoms with E-state index < -0.39 is 5.97 Å². The number of aromatic amines is 1. The van der Waals surface area contributed by atoms with Gasteiger partial charge in [-0.2, -0.15) is 0 Å². The summed E-state index contributed by atoms with van der Waals surface area (Å²) in [6.07, 6.45) is 7.45. The summed E-state index contributed by atoms with van der Waals surface area (Å²) in [6, 6.07) is 8.08. The molecule has 2 aliphatic rings. The van der Waals surface area contributed by atoms with Crippen LogP contribution in [0, 0.1) is 12.8 Å². The van der Waals surface area contributed by atoms with Crippen LogP contribution in [-0.4, -0.2) is 56.3 Å². The summed E-state index contributed by atoms with van der Waals surface area (Å²) in [5, 5.41) is 9.15. The molecule has 4 heterocycles. The number of carbonyl (C=O) groups is 1. The maximum Gasteiger partial charge on any atom is 0.306 e. The molecule has 3 aromatic heterocycles. The van der Waals surface area contributed by atoms with Gasteiger partial charge in [0.15, 0.2) is 5.65 Å². The number of anilines is 1. The molecule has 0 atom stereocenters. The minimum atomic E-state index is -0.664. The Morgan fingerprint density at radius 1 is 1.03 bits per heavy atom. The molecule has 3 aromatic rings. The molecule has 0 radical (unpaired) electrons. The molecule has 8 nitrogen and oxygen atoms in total. The quantitative estimate of drug-likeness (QED) is 0.625. The van der Waals surface area contributed by atoms with Gasteiger partial charge in [0.05, 0.1) is 23.6 Å². The lowest BCUT2D eigenvalue weighted by Crippen LogP contribution is -2.39. The number of imidazole rings is 1. The van der Waals surface area contributed by atoms with Crippen molar-refractivity contribution < 1.29 is 14.6 Å². The zero-order valence-electron chi connectivity index (χ0n) is 18.3. The normalized spacial score (nSPS) is 22.3. The van der Waals surface area contributed by atoms with Crippen molar-refractivity contribution in [3.63, 3.8) is 0 Å². The van der Waals surface area contributed by atoms with Gasteiger partial charge >= 0.3 is 5.97 Å².